The Kier molecular flexibility index (Phi) is 8.77. The number of carbonyl (C=O) groups excluding carboxylic acids is 1. The largest absolute Gasteiger partial charge is 0.497 e. The van der Waals surface area contributed by atoms with Crippen molar-refractivity contribution in [3.05, 3.63) is 23.8 Å². The lowest BCUT2D eigenvalue weighted by Gasteiger charge is -2.20. The summed E-state index contributed by atoms with van der Waals surface area (Å²) in [5.74, 6) is 1.89. The number of carbonyl (C=O) groups is 1. The van der Waals surface area contributed by atoms with Crippen LogP contribution in [0.4, 0.5) is 0 Å². The maximum atomic E-state index is 12.0. The van der Waals surface area contributed by atoms with Crippen molar-refractivity contribution in [3.8, 4) is 11.5 Å². The number of ether oxygens (including phenoxy) is 3. The van der Waals surface area contributed by atoms with E-state index in [9.17, 15) is 4.79 Å². The molecule has 168 valence electrons. The van der Waals surface area contributed by atoms with E-state index < -0.39 is 5.60 Å². The van der Waals surface area contributed by atoms with Crippen LogP contribution in [0.1, 0.15) is 39.7 Å². The van der Waals surface area contributed by atoms with Crippen LogP contribution >= 0.6 is 0 Å². The zero-order chi connectivity index (χ0) is 22.1. The molecule has 0 aliphatic carbocycles. The Hall–Kier alpha value is -2.48. The molecule has 0 saturated carbocycles. The number of methoxy groups -OCH3 is 2. The molecule has 1 fully saturated rings. The second kappa shape index (κ2) is 11.1. The van der Waals surface area contributed by atoms with Crippen molar-refractivity contribution in [3.63, 3.8) is 0 Å². The Morgan fingerprint density at radius 2 is 1.87 bits per heavy atom. The third-order valence-electron chi connectivity index (χ3n) is 4.56. The third-order valence-corrected chi connectivity index (χ3v) is 4.56. The van der Waals surface area contributed by atoms with Gasteiger partial charge in [0.25, 0.3) is 0 Å². The van der Waals surface area contributed by atoms with Crippen molar-refractivity contribution < 1.29 is 19.0 Å². The fourth-order valence-corrected chi connectivity index (χ4v) is 3.34. The molecule has 0 amide bonds. The van der Waals surface area contributed by atoms with E-state index in [-0.39, 0.29) is 18.6 Å². The number of likely N-dealkylation sites (tertiary alicyclic amines) is 1. The van der Waals surface area contributed by atoms with Gasteiger partial charge in [0.15, 0.2) is 5.96 Å². The van der Waals surface area contributed by atoms with E-state index in [0.29, 0.717) is 5.96 Å². The number of nitrogens with zero attached hydrogens (tertiary/aromatic N) is 2. The highest BCUT2D eigenvalue weighted by Crippen LogP contribution is 2.24. The number of aliphatic imine (C=N–C) groups is 1. The van der Waals surface area contributed by atoms with Crippen molar-refractivity contribution in [1.29, 1.82) is 0 Å². The molecule has 1 heterocycles. The van der Waals surface area contributed by atoms with Gasteiger partial charge in [-0.3, -0.25) is 9.69 Å². The number of guanidine groups is 1. The minimum atomic E-state index is -0.507. The maximum Gasteiger partial charge on any atom is 0.328 e. The van der Waals surface area contributed by atoms with Crippen LogP contribution in [0.2, 0.25) is 0 Å². The molecule has 0 bridgehead atoms. The van der Waals surface area contributed by atoms with Crippen LogP contribution in [0.25, 0.3) is 0 Å². The lowest BCUT2D eigenvalue weighted by molar-refractivity contribution is -0.152. The summed E-state index contributed by atoms with van der Waals surface area (Å²) >= 11 is 0. The molecule has 1 aliphatic heterocycles. The molecule has 0 aromatic heterocycles. The molecule has 2 N–H and O–H groups in total. The van der Waals surface area contributed by atoms with Gasteiger partial charge in [-0.05, 0) is 51.8 Å². The number of hydrogen-bond acceptors (Lipinski definition) is 6. The first kappa shape index (κ1) is 23.8. The van der Waals surface area contributed by atoms with E-state index in [1.807, 2.05) is 45.9 Å². The summed E-state index contributed by atoms with van der Waals surface area (Å²) in [6.07, 6.45) is 0.998. The summed E-state index contributed by atoms with van der Waals surface area (Å²) in [5, 5.41) is 6.64. The van der Waals surface area contributed by atoms with E-state index in [1.165, 1.54) is 0 Å². The summed E-state index contributed by atoms with van der Waals surface area (Å²) in [7, 11) is 3.32. The zero-order valence-electron chi connectivity index (χ0n) is 19.1. The van der Waals surface area contributed by atoms with Crippen molar-refractivity contribution in [2.24, 2.45) is 4.99 Å². The molecule has 0 radical (unpaired) electrons. The lowest BCUT2D eigenvalue weighted by Crippen LogP contribution is -2.45. The Morgan fingerprint density at radius 3 is 2.43 bits per heavy atom. The highest BCUT2D eigenvalue weighted by Gasteiger charge is 2.24. The van der Waals surface area contributed by atoms with Gasteiger partial charge in [0.1, 0.15) is 23.6 Å². The average Bonchev–Trinajstić information content (AvgIpc) is 3.11. The number of rotatable bonds is 8. The molecule has 30 heavy (non-hydrogen) atoms. The van der Waals surface area contributed by atoms with Crippen molar-refractivity contribution in [2.45, 2.75) is 52.3 Å². The molecular formula is C22H36N4O4. The molecule has 1 aliphatic rings. The predicted octanol–water partition coefficient (Wildman–Crippen LogP) is 2.17. The van der Waals surface area contributed by atoms with E-state index in [2.05, 4.69) is 20.5 Å². The molecular weight excluding hydrogens is 384 g/mol. The number of esters is 1. The van der Waals surface area contributed by atoms with Crippen molar-refractivity contribution in [1.82, 2.24) is 15.5 Å². The van der Waals surface area contributed by atoms with Crippen LogP contribution in [0.15, 0.2) is 23.2 Å². The summed E-state index contributed by atoms with van der Waals surface area (Å²) in [6.45, 7) is 10.9. The minimum absolute atomic E-state index is 0.00730. The van der Waals surface area contributed by atoms with Crippen LogP contribution in [-0.4, -0.2) is 68.9 Å². The number of nitrogens with one attached hydrogen (secondary N) is 2. The van der Waals surface area contributed by atoms with Gasteiger partial charge in [0, 0.05) is 38.3 Å². The van der Waals surface area contributed by atoms with Crippen molar-refractivity contribution in [2.75, 3.05) is 40.4 Å². The van der Waals surface area contributed by atoms with Crippen molar-refractivity contribution >= 4 is 11.9 Å². The smallest absolute Gasteiger partial charge is 0.328 e. The second-order valence-electron chi connectivity index (χ2n) is 8.37. The molecule has 1 saturated heterocycles. The van der Waals surface area contributed by atoms with Crippen LogP contribution in [0, 0.1) is 0 Å². The average molecular weight is 421 g/mol. The van der Waals surface area contributed by atoms with Gasteiger partial charge in [0.2, 0.25) is 0 Å². The first-order valence-corrected chi connectivity index (χ1v) is 10.4. The molecule has 1 atom stereocenters. The molecule has 2 rings (SSSR count). The quantitative estimate of drug-likeness (QED) is 0.379. The Labute approximate surface area is 180 Å². The topological polar surface area (TPSA) is 84.4 Å². The monoisotopic (exact) mass is 420 g/mol. The van der Waals surface area contributed by atoms with Crippen LogP contribution in [0.5, 0.6) is 11.5 Å². The van der Waals surface area contributed by atoms with Gasteiger partial charge in [0.05, 0.1) is 14.2 Å². The molecule has 0 spiro atoms. The van der Waals surface area contributed by atoms with Gasteiger partial charge < -0.3 is 24.8 Å². The molecule has 1 unspecified atom stereocenters. The molecule has 8 nitrogen and oxygen atoms in total. The SMILES string of the molecule is CCNC(=NCC(=O)OC(C)(C)C)NC1CCN(Cc2cc(OC)cc(OC)c2)C1. The van der Waals surface area contributed by atoms with E-state index in [4.69, 9.17) is 14.2 Å². The van der Waals surface area contributed by atoms with Gasteiger partial charge >= 0.3 is 5.97 Å². The second-order valence-corrected chi connectivity index (χ2v) is 8.37. The number of hydrogen-bond donors (Lipinski definition) is 2. The van der Waals surface area contributed by atoms with Crippen LogP contribution in [-0.2, 0) is 16.1 Å². The summed E-state index contributed by atoms with van der Waals surface area (Å²) < 4.78 is 16.1. The summed E-state index contributed by atoms with van der Waals surface area (Å²) in [4.78, 5) is 18.7. The predicted molar refractivity (Wildman–Crippen MR) is 118 cm³/mol. The fourth-order valence-electron chi connectivity index (χ4n) is 3.34. The molecule has 1 aromatic rings. The van der Waals surface area contributed by atoms with Gasteiger partial charge in [-0.1, -0.05) is 0 Å². The highest BCUT2D eigenvalue weighted by atomic mass is 16.6. The Morgan fingerprint density at radius 1 is 1.20 bits per heavy atom. The standard InChI is InChI=1S/C22H36N4O4/c1-7-23-21(24-13-20(27)30-22(2,3)4)25-17-8-9-26(15-17)14-16-10-18(28-5)12-19(11-16)29-6/h10-12,17H,7-9,13-15H2,1-6H3,(H2,23,24,25). The fraction of sp³-hybridized carbons (Fsp3) is 0.636. The maximum absolute atomic E-state index is 12.0. The number of benzene rings is 1. The molecule has 1 aromatic carbocycles. The minimum Gasteiger partial charge on any atom is -0.497 e. The van der Waals surface area contributed by atoms with Gasteiger partial charge in [-0.2, -0.15) is 0 Å². The summed E-state index contributed by atoms with van der Waals surface area (Å²) in [6, 6.07) is 6.21. The Balaban J connectivity index is 1.91. The first-order valence-electron chi connectivity index (χ1n) is 10.4. The highest BCUT2D eigenvalue weighted by molar-refractivity contribution is 5.83. The Bertz CT molecular complexity index is 708. The van der Waals surface area contributed by atoms with E-state index in [1.54, 1.807) is 14.2 Å². The van der Waals surface area contributed by atoms with E-state index >= 15 is 0 Å². The van der Waals surface area contributed by atoms with Gasteiger partial charge in [-0.15, -0.1) is 0 Å². The van der Waals surface area contributed by atoms with Crippen LogP contribution < -0.4 is 20.1 Å². The lowest BCUT2D eigenvalue weighted by atomic mass is 10.2. The van der Waals surface area contributed by atoms with Crippen LogP contribution in [0.3, 0.4) is 0 Å². The zero-order valence-corrected chi connectivity index (χ0v) is 19.1. The summed E-state index contributed by atoms with van der Waals surface area (Å²) in [5.41, 5.74) is 0.644. The first-order chi connectivity index (χ1) is 14.2. The normalized spacial score (nSPS) is 17.5. The van der Waals surface area contributed by atoms with E-state index in [0.717, 1.165) is 49.7 Å². The van der Waals surface area contributed by atoms with Gasteiger partial charge in [-0.25, -0.2) is 4.99 Å². The third kappa shape index (κ3) is 8.10. The molecule has 8 heteroatoms.